The Balaban J connectivity index is 1.92. The van der Waals surface area contributed by atoms with Crippen LogP contribution in [0.1, 0.15) is 96.0 Å². The number of piperidine rings is 2. The third-order valence-corrected chi connectivity index (χ3v) is 7.38. The molecule has 2 aliphatic rings. The van der Waals surface area contributed by atoms with E-state index in [2.05, 4.69) is 5.43 Å². The highest BCUT2D eigenvalue weighted by atomic mass is 19.4. The molecule has 2 bridgehead atoms. The first-order valence-corrected chi connectivity index (χ1v) is 14.4. The number of fused-ring (bicyclic) bond motifs is 2. The molecule has 0 spiro atoms. The number of ether oxygens (including phenoxy) is 3. The minimum absolute atomic E-state index is 0.149. The monoisotopic (exact) mass is 613 g/mol. The Hall–Kier alpha value is -3.51. The second-order valence-corrected chi connectivity index (χ2v) is 13.1. The van der Waals surface area contributed by atoms with Crippen LogP contribution in [0.5, 0.6) is 0 Å². The zero-order valence-corrected chi connectivity index (χ0v) is 25.7. The quantitative estimate of drug-likeness (QED) is 0.243. The van der Waals surface area contributed by atoms with E-state index >= 15 is 0 Å². The van der Waals surface area contributed by atoms with Crippen molar-refractivity contribution in [3.05, 3.63) is 35.4 Å². The highest BCUT2D eigenvalue weighted by Crippen LogP contribution is 2.41. The van der Waals surface area contributed by atoms with Crippen LogP contribution in [-0.2, 0) is 25.2 Å². The van der Waals surface area contributed by atoms with Crippen LogP contribution in [-0.4, -0.2) is 70.4 Å². The Morgan fingerprint density at radius 3 is 1.93 bits per heavy atom. The van der Waals surface area contributed by atoms with Gasteiger partial charge in [0.1, 0.15) is 11.2 Å². The van der Waals surface area contributed by atoms with E-state index in [0.717, 1.165) is 23.6 Å². The molecule has 1 aromatic carbocycles. The van der Waals surface area contributed by atoms with Crippen LogP contribution in [0.4, 0.5) is 22.8 Å². The maximum Gasteiger partial charge on any atom is 0.429 e. The third kappa shape index (κ3) is 9.24. The smallest absolute Gasteiger partial charge is 0.429 e. The highest BCUT2D eigenvalue weighted by molar-refractivity contribution is 5.95. The number of halogens is 3. The van der Waals surface area contributed by atoms with Crippen LogP contribution in [0, 0.1) is 5.92 Å². The van der Waals surface area contributed by atoms with Crippen LogP contribution in [0.2, 0.25) is 0 Å². The fraction of sp³-hybridized carbons (Fsp3) is 0.667. The van der Waals surface area contributed by atoms with Gasteiger partial charge in [0.2, 0.25) is 0 Å². The van der Waals surface area contributed by atoms with Crippen LogP contribution < -0.4 is 5.43 Å². The minimum atomic E-state index is -4.52. The molecule has 0 aromatic heterocycles. The van der Waals surface area contributed by atoms with Crippen molar-refractivity contribution in [3.63, 3.8) is 0 Å². The van der Waals surface area contributed by atoms with Crippen molar-refractivity contribution < 1.29 is 46.6 Å². The number of hydrogen-bond acceptors (Lipinski definition) is 7. The van der Waals surface area contributed by atoms with Crippen molar-refractivity contribution in [3.8, 4) is 0 Å². The van der Waals surface area contributed by atoms with Gasteiger partial charge in [0, 0.05) is 17.6 Å². The summed E-state index contributed by atoms with van der Waals surface area (Å²) < 4.78 is 55.1. The van der Waals surface area contributed by atoms with E-state index in [1.807, 2.05) is 0 Å². The first kappa shape index (κ1) is 34.0. The number of nitrogens with one attached hydrogen (secondary N) is 1. The third-order valence-electron chi connectivity index (χ3n) is 7.38. The van der Waals surface area contributed by atoms with Crippen LogP contribution in [0.3, 0.4) is 0 Å². The van der Waals surface area contributed by atoms with Crippen molar-refractivity contribution >= 4 is 24.1 Å². The number of carbonyl (C=O) groups is 4. The van der Waals surface area contributed by atoms with E-state index < -0.39 is 47.1 Å². The number of rotatable bonds is 5. The van der Waals surface area contributed by atoms with Gasteiger partial charge in [-0.1, -0.05) is 0 Å². The normalized spacial score (nSPS) is 21.3. The van der Waals surface area contributed by atoms with Crippen molar-refractivity contribution in [1.82, 2.24) is 15.3 Å². The minimum Gasteiger partial charge on any atom is -0.469 e. The predicted molar refractivity (Wildman–Crippen MR) is 150 cm³/mol. The molecule has 3 amide bonds. The lowest BCUT2D eigenvalue weighted by Crippen LogP contribution is -2.61. The number of amides is 3. The zero-order chi connectivity index (χ0) is 32.3. The van der Waals surface area contributed by atoms with Gasteiger partial charge in [-0.05, 0) is 104 Å². The predicted octanol–water partition coefficient (Wildman–Crippen LogP) is 6.09. The molecule has 2 saturated heterocycles. The first-order valence-electron chi connectivity index (χ1n) is 14.4. The Kier molecular flexibility index (Phi) is 10.3. The molecule has 2 aliphatic heterocycles. The molecule has 2 fully saturated rings. The summed E-state index contributed by atoms with van der Waals surface area (Å²) in [7, 11) is 1.22. The number of hydrazine groups is 1. The average molecular weight is 614 g/mol. The lowest BCUT2D eigenvalue weighted by molar-refractivity contribution is -0.143. The summed E-state index contributed by atoms with van der Waals surface area (Å²) in [5.41, 5.74) is -0.00127. The second-order valence-electron chi connectivity index (χ2n) is 13.1. The van der Waals surface area contributed by atoms with Crippen molar-refractivity contribution in [2.45, 2.75) is 116 Å². The molecule has 3 unspecified atom stereocenters. The molecule has 0 radical (unpaired) electrons. The van der Waals surface area contributed by atoms with Gasteiger partial charge in [-0.15, -0.1) is 0 Å². The topological polar surface area (TPSA) is 114 Å². The Morgan fingerprint density at radius 2 is 1.47 bits per heavy atom. The summed E-state index contributed by atoms with van der Waals surface area (Å²) >= 11 is 0. The van der Waals surface area contributed by atoms with E-state index in [1.54, 1.807) is 46.4 Å². The van der Waals surface area contributed by atoms with Crippen molar-refractivity contribution in [2.75, 3.05) is 7.11 Å². The van der Waals surface area contributed by atoms with Crippen molar-refractivity contribution in [2.24, 2.45) is 5.92 Å². The summed E-state index contributed by atoms with van der Waals surface area (Å²) in [5.74, 6) is -1.35. The summed E-state index contributed by atoms with van der Waals surface area (Å²) in [6, 6.07) is 2.65. The number of methoxy groups -OCH3 is 1. The van der Waals surface area contributed by atoms with Gasteiger partial charge >= 0.3 is 24.3 Å². The number of alkyl halides is 3. The molecule has 2 heterocycles. The van der Waals surface area contributed by atoms with E-state index in [-0.39, 0.29) is 35.9 Å². The standard InChI is InChI=1S/C30H42F3N3O7/c1-28(2,3)42-26(39)34-36(27(40)43-29(4,5)6)23(17-24(37)41-7)19-15-21-9-8-10-22(16-19)35(21)25(38)18-11-13-20(14-12-18)30(31,32)33/h11-14,19,21-23H,8-10,15-17H2,1-7H3,(H,34,39). The summed E-state index contributed by atoms with van der Waals surface area (Å²) in [4.78, 5) is 54.2. The molecule has 3 atom stereocenters. The highest BCUT2D eigenvalue weighted by Gasteiger charge is 2.47. The molecule has 0 saturated carbocycles. The van der Waals surface area contributed by atoms with Gasteiger partial charge in [0.05, 0.1) is 25.1 Å². The second kappa shape index (κ2) is 13.0. The molecule has 10 nitrogen and oxygen atoms in total. The SMILES string of the molecule is COC(=O)CC(C1CC2CCCC(C1)N2C(=O)c1ccc(C(F)(F)F)cc1)N(NC(=O)OC(C)(C)C)C(=O)OC(C)(C)C. The van der Waals surface area contributed by atoms with Gasteiger partial charge in [-0.25, -0.2) is 20.0 Å². The molecule has 1 N–H and O–H groups in total. The molecule has 3 rings (SSSR count). The Morgan fingerprint density at radius 1 is 0.930 bits per heavy atom. The fourth-order valence-corrected chi connectivity index (χ4v) is 5.72. The van der Waals surface area contributed by atoms with Gasteiger partial charge in [0.15, 0.2) is 0 Å². The van der Waals surface area contributed by atoms with E-state index in [9.17, 15) is 32.3 Å². The zero-order valence-electron chi connectivity index (χ0n) is 25.7. The Bertz CT molecular complexity index is 1160. The van der Waals surface area contributed by atoms with Gasteiger partial charge < -0.3 is 19.1 Å². The molecule has 43 heavy (non-hydrogen) atoms. The molecular weight excluding hydrogens is 571 g/mol. The molecular formula is C30H42F3N3O7. The maximum absolute atomic E-state index is 13.6. The Labute approximate surface area is 250 Å². The molecule has 13 heteroatoms. The number of nitrogens with zero attached hydrogens (tertiary/aromatic N) is 2. The van der Waals surface area contributed by atoms with E-state index in [0.29, 0.717) is 25.7 Å². The lowest BCUT2D eigenvalue weighted by Gasteiger charge is -2.51. The number of carbonyl (C=O) groups excluding carboxylic acids is 4. The first-order chi connectivity index (χ1) is 19.8. The molecule has 240 valence electrons. The summed E-state index contributed by atoms with van der Waals surface area (Å²) in [6.07, 6.45) is -3.72. The number of esters is 1. The van der Waals surface area contributed by atoms with Crippen molar-refractivity contribution in [1.29, 1.82) is 0 Å². The van der Waals surface area contributed by atoms with E-state index in [4.69, 9.17) is 14.2 Å². The van der Waals surface area contributed by atoms with Gasteiger partial charge in [0.25, 0.3) is 5.91 Å². The maximum atomic E-state index is 13.6. The van der Waals surface area contributed by atoms with Gasteiger partial charge in [-0.3, -0.25) is 9.59 Å². The molecule has 0 aliphatic carbocycles. The van der Waals surface area contributed by atoms with Crippen LogP contribution >= 0.6 is 0 Å². The number of hydrogen-bond donors (Lipinski definition) is 1. The average Bonchev–Trinajstić information content (AvgIpc) is 2.86. The van der Waals surface area contributed by atoms with Crippen LogP contribution in [0.15, 0.2) is 24.3 Å². The van der Waals surface area contributed by atoms with E-state index in [1.165, 1.54) is 19.2 Å². The summed E-state index contributed by atoms with van der Waals surface area (Å²) in [5, 5.41) is 0.990. The summed E-state index contributed by atoms with van der Waals surface area (Å²) in [6.45, 7) is 10.0. The number of benzene rings is 1. The molecule has 1 aromatic rings. The fourth-order valence-electron chi connectivity index (χ4n) is 5.72. The van der Waals surface area contributed by atoms with Gasteiger partial charge in [-0.2, -0.15) is 13.2 Å². The van der Waals surface area contributed by atoms with Crippen LogP contribution in [0.25, 0.3) is 0 Å². The largest absolute Gasteiger partial charge is 0.469 e. The lowest BCUT2D eigenvalue weighted by atomic mass is 9.74.